The van der Waals surface area contributed by atoms with Crippen LogP contribution < -0.4 is 10.5 Å². The molecular weight excluding hydrogens is 340 g/mol. The van der Waals surface area contributed by atoms with Crippen LogP contribution in [0.15, 0.2) is 59.8 Å². The van der Waals surface area contributed by atoms with Gasteiger partial charge in [-0.2, -0.15) is 5.10 Å². The number of halogens is 1. The third-order valence-electron chi connectivity index (χ3n) is 3.34. The summed E-state index contributed by atoms with van der Waals surface area (Å²) < 4.78 is 6.81. The van der Waals surface area contributed by atoms with Crippen molar-refractivity contribution in [3.8, 4) is 5.75 Å². The molecule has 1 aromatic heterocycles. The molecule has 0 bridgehead atoms. The molecule has 126 valence electrons. The minimum Gasteiger partial charge on any atom is -0.423 e. The quantitative estimate of drug-likeness (QED) is 0.441. The molecule has 7 heteroatoms. The van der Waals surface area contributed by atoms with Crippen molar-refractivity contribution in [1.82, 2.24) is 9.66 Å². The van der Waals surface area contributed by atoms with E-state index < -0.39 is 5.97 Å². The first kappa shape index (κ1) is 16.7. The number of hydrogen-bond acceptors (Lipinski definition) is 5. The minimum atomic E-state index is -0.445. The fourth-order valence-electron chi connectivity index (χ4n) is 2.10. The number of nitrogens with zero attached hydrogens (tertiary/aromatic N) is 3. The number of anilines is 1. The molecule has 2 N–H and O–H groups in total. The van der Waals surface area contributed by atoms with Gasteiger partial charge in [-0.05, 0) is 61.0 Å². The Kier molecular flexibility index (Phi) is 4.81. The Labute approximate surface area is 149 Å². The molecule has 0 amide bonds. The van der Waals surface area contributed by atoms with E-state index in [1.54, 1.807) is 60.9 Å². The highest BCUT2D eigenvalue weighted by Gasteiger charge is 2.08. The molecule has 6 nitrogen and oxygen atoms in total. The number of esters is 1. The number of aromatic nitrogens is 2. The van der Waals surface area contributed by atoms with Crippen LogP contribution in [0, 0.1) is 6.92 Å². The summed E-state index contributed by atoms with van der Waals surface area (Å²) in [6, 6.07) is 13.5. The number of rotatable bonds is 4. The van der Waals surface area contributed by atoms with E-state index in [9.17, 15) is 4.79 Å². The molecule has 0 unspecified atom stereocenters. The Morgan fingerprint density at radius 2 is 1.88 bits per heavy atom. The van der Waals surface area contributed by atoms with Gasteiger partial charge in [0.1, 0.15) is 5.75 Å². The molecule has 0 saturated heterocycles. The summed E-state index contributed by atoms with van der Waals surface area (Å²) in [6.45, 7) is 1.84. The molecule has 0 atom stereocenters. The Hall–Kier alpha value is -3.12. The Morgan fingerprint density at radius 1 is 1.20 bits per heavy atom. The number of imidazole rings is 1. The molecule has 0 saturated carbocycles. The maximum Gasteiger partial charge on any atom is 0.343 e. The zero-order valence-electron chi connectivity index (χ0n) is 13.4. The molecule has 0 aliphatic heterocycles. The molecule has 0 radical (unpaired) electrons. The maximum atomic E-state index is 12.0. The second kappa shape index (κ2) is 7.19. The zero-order chi connectivity index (χ0) is 17.8. The van der Waals surface area contributed by atoms with Gasteiger partial charge in [-0.25, -0.2) is 14.5 Å². The van der Waals surface area contributed by atoms with Crippen LogP contribution in [0.2, 0.25) is 5.02 Å². The van der Waals surface area contributed by atoms with Crippen molar-refractivity contribution >= 4 is 29.7 Å². The van der Waals surface area contributed by atoms with Crippen LogP contribution in [-0.2, 0) is 0 Å². The second-order valence-electron chi connectivity index (χ2n) is 5.30. The van der Waals surface area contributed by atoms with Crippen molar-refractivity contribution in [3.63, 3.8) is 0 Å². The van der Waals surface area contributed by atoms with Crippen LogP contribution in [0.4, 0.5) is 5.95 Å². The molecule has 3 rings (SSSR count). The van der Waals surface area contributed by atoms with Crippen LogP contribution in [-0.4, -0.2) is 21.8 Å². The molecule has 0 aliphatic rings. The highest BCUT2D eigenvalue weighted by atomic mass is 35.5. The summed E-state index contributed by atoms with van der Waals surface area (Å²) >= 11 is 5.80. The van der Waals surface area contributed by atoms with Gasteiger partial charge in [0, 0.05) is 5.02 Å². The largest absolute Gasteiger partial charge is 0.423 e. The Balaban J connectivity index is 1.66. The van der Waals surface area contributed by atoms with E-state index in [0.717, 1.165) is 11.3 Å². The summed E-state index contributed by atoms with van der Waals surface area (Å²) in [4.78, 5) is 16.1. The van der Waals surface area contributed by atoms with Gasteiger partial charge in [-0.3, -0.25) is 0 Å². The lowest BCUT2D eigenvalue weighted by Gasteiger charge is -2.04. The first-order chi connectivity index (χ1) is 12.0. The Morgan fingerprint density at radius 3 is 2.48 bits per heavy atom. The SMILES string of the molecule is Cc1cn(N=Cc2ccc(OC(=O)c3ccc(Cl)cc3)cc2)c(N)n1. The summed E-state index contributed by atoms with van der Waals surface area (Å²) in [7, 11) is 0. The maximum absolute atomic E-state index is 12.0. The smallest absolute Gasteiger partial charge is 0.343 e. The van der Waals surface area contributed by atoms with Crippen molar-refractivity contribution in [2.75, 3.05) is 5.73 Å². The first-order valence-corrected chi connectivity index (χ1v) is 7.83. The molecule has 2 aromatic carbocycles. The first-order valence-electron chi connectivity index (χ1n) is 7.45. The minimum absolute atomic E-state index is 0.322. The lowest BCUT2D eigenvalue weighted by atomic mass is 10.2. The number of hydrogen-bond donors (Lipinski definition) is 1. The lowest BCUT2D eigenvalue weighted by Crippen LogP contribution is -2.08. The molecule has 0 spiro atoms. The predicted octanol–water partition coefficient (Wildman–Crippen LogP) is 3.53. The van der Waals surface area contributed by atoms with Crippen LogP contribution in [0.3, 0.4) is 0 Å². The molecule has 25 heavy (non-hydrogen) atoms. The highest BCUT2D eigenvalue weighted by molar-refractivity contribution is 6.30. The molecule has 1 heterocycles. The van der Waals surface area contributed by atoms with Gasteiger partial charge in [0.2, 0.25) is 5.95 Å². The van der Waals surface area contributed by atoms with E-state index in [-0.39, 0.29) is 0 Å². The zero-order valence-corrected chi connectivity index (χ0v) is 14.1. The number of ether oxygens (including phenoxy) is 1. The second-order valence-corrected chi connectivity index (χ2v) is 5.73. The summed E-state index contributed by atoms with van der Waals surface area (Å²) in [5.41, 5.74) is 7.77. The third kappa shape index (κ3) is 4.24. The van der Waals surface area contributed by atoms with Crippen molar-refractivity contribution in [3.05, 3.63) is 76.6 Å². The van der Waals surface area contributed by atoms with E-state index in [4.69, 9.17) is 22.1 Å². The molecular formula is C18H15ClN4O2. The van der Waals surface area contributed by atoms with Crippen molar-refractivity contribution in [2.45, 2.75) is 6.92 Å². The van der Waals surface area contributed by atoms with E-state index in [1.165, 1.54) is 4.68 Å². The van der Waals surface area contributed by atoms with Crippen LogP contribution in [0.1, 0.15) is 21.6 Å². The van der Waals surface area contributed by atoms with Gasteiger partial charge in [-0.15, -0.1) is 0 Å². The summed E-state index contributed by atoms with van der Waals surface area (Å²) in [6.07, 6.45) is 3.37. The molecule has 0 fully saturated rings. The van der Waals surface area contributed by atoms with Crippen LogP contribution in [0.5, 0.6) is 5.75 Å². The fourth-order valence-corrected chi connectivity index (χ4v) is 2.23. The van der Waals surface area contributed by atoms with E-state index in [0.29, 0.717) is 22.3 Å². The van der Waals surface area contributed by atoms with Gasteiger partial charge in [0.15, 0.2) is 0 Å². The van der Waals surface area contributed by atoms with Crippen LogP contribution >= 0.6 is 11.6 Å². The van der Waals surface area contributed by atoms with Gasteiger partial charge in [0.05, 0.1) is 23.7 Å². The van der Waals surface area contributed by atoms with Gasteiger partial charge in [0.25, 0.3) is 0 Å². The van der Waals surface area contributed by atoms with E-state index >= 15 is 0 Å². The fraction of sp³-hybridized carbons (Fsp3) is 0.0556. The Bertz CT molecular complexity index is 915. The van der Waals surface area contributed by atoms with Crippen LogP contribution in [0.25, 0.3) is 0 Å². The van der Waals surface area contributed by atoms with Crippen molar-refractivity contribution in [2.24, 2.45) is 5.10 Å². The topological polar surface area (TPSA) is 82.5 Å². The van der Waals surface area contributed by atoms with E-state index in [2.05, 4.69) is 10.1 Å². The monoisotopic (exact) mass is 354 g/mol. The van der Waals surface area contributed by atoms with E-state index in [1.807, 2.05) is 6.92 Å². The average Bonchev–Trinajstić information content (AvgIpc) is 2.92. The van der Waals surface area contributed by atoms with Gasteiger partial charge in [-0.1, -0.05) is 11.6 Å². The standard InChI is InChI=1S/C18H15ClN4O2/c1-12-11-23(18(20)22-12)21-10-13-2-8-16(9-3-13)25-17(24)14-4-6-15(19)7-5-14/h2-11H,1H3,(H2,20,22). The number of carbonyl (C=O) groups excluding carboxylic acids is 1. The normalized spacial score (nSPS) is 11.0. The average molecular weight is 355 g/mol. The molecule has 0 aliphatic carbocycles. The summed E-state index contributed by atoms with van der Waals surface area (Å²) in [5.74, 6) is 0.317. The lowest BCUT2D eigenvalue weighted by molar-refractivity contribution is 0.0735. The third-order valence-corrected chi connectivity index (χ3v) is 3.59. The van der Waals surface area contributed by atoms with Crippen molar-refractivity contribution < 1.29 is 9.53 Å². The van der Waals surface area contributed by atoms with Gasteiger partial charge >= 0.3 is 5.97 Å². The number of nitrogens with two attached hydrogens (primary N) is 1. The highest BCUT2D eigenvalue weighted by Crippen LogP contribution is 2.15. The number of benzene rings is 2. The predicted molar refractivity (Wildman–Crippen MR) is 97.2 cm³/mol. The van der Waals surface area contributed by atoms with Crippen molar-refractivity contribution in [1.29, 1.82) is 0 Å². The number of aryl methyl sites for hydroxylation is 1. The van der Waals surface area contributed by atoms with Gasteiger partial charge < -0.3 is 10.5 Å². The number of nitrogen functional groups attached to an aromatic ring is 1. The molecule has 3 aromatic rings. The number of carbonyl (C=O) groups is 1. The summed E-state index contributed by atoms with van der Waals surface area (Å²) in [5, 5.41) is 4.79.